The van der Waals surface area contributed by atoms with E-state index in [4.69, 9.17) is 9.47 Å². The molecule has 0 fully saturated rings. The molecule has 0 saturated heterocycles. The van der Waals surface area contributed by atoms with E-state index in [1.54, 1.807) is 13.2 Å². The highest BCUT2D eigenvalue weighted by molar-refractivity contribution is 5.59. The lowest BCUT2D eigenvalue weighted by Crippen LogP contribution is -2.09. The number of nitro groups is 1. The van der Waals surface area contributed by atoms with Gasteiger partial charge >= 0.3 is 5.69 Å². The summed E-state index contributed by atoms with van der Waals surface area (Å²) in [5.74, 6) is 0. The van der Waals surface area contributed by atoms with E-state index in [2.05, 4.69) is 10.3 Å². The molecule has 1 rings (SSSR count). The molecule has 0 amide bonds. The predicted molar refractivity (Wildman–Crippen MR) is 66.7 cm³/mol. The predicted octanol–water partition coefficient (Wildman–Crippen LogP) is 1.45. The van der Waals surface area contributed by atoms with Gasteiger partial charge < -0.3 is 14.8 Å². The summed E-state index contributed by atoms with van der Waals surface area (Å²) in [6.07, 6.45) is 3.52. The lowest BCUT2D eigenvalue weighted by molar-refractivity contribution is -0.384. The van der Waals surface area contributed by atoms with Gasteiger partial charge in [-0.05, 0) is 12.5 Å². The molecule has 1 N–H and O–H groups in total. The zero-order valence-electron chi connectivity index (χ0n) is 10.3. The molecule has 0 unspecified atom stereocenters. The number of rotatable bonds is 9. The van der Waals surface area contributed by atoms with Crippen LogP contribution in [0.1, 0.15) is 6.42 Å². The second-order valence-corrected chi connectivity index (χ2v) is 3.54. The molecule has 0 aliphatic rings. The first-order valence-electron chi connectivity index (χ1n) is 5.64. The molecular formula is C11H17N3O4. The van der Waals surface area contributed by atoms with Crippen LogP contribution in [-0.4, -0.2) is 43.4 Å². The average molecular weight is 255 g/mol. The Morgan fingerprint density at radius 1 is 1.44 bits per heavy atom. The molecule has 18 heavy (non-hydrogen) atoms. The van der Waals surface area contributed by atoms with E-state index in [1.807, 2.05) is 0 Å². The van der Waals surface area contributed by atoms with E-state index in [1.165, 1.54) is 12.4 Å². The molecule has 7 heteroatoms. The number of hydrogen-bond acceptors (Lipinski definition) is 6. The van der Waals surface area contributed by atoms with E-state index in [9.17, 15) is 10.1 Å². The van der Waals surface area contributed by atoms with Crippen molar-refractivity contribution in [2.75, 3.05) is 38.8 Å². The molecule has 0 spiro atoms. The third kappa shape index (κ3) is 5.07. The van der Waals surface area contributed by atoms with Crippen molar-refractivity contribution in [3.8, 4) is 0 Å². The topological polar surface area (TPSA) is 86.5 Å². The zero-order valence-corrected chi connectivity index (χ0v) is 10.3. The Morgan fingerprint density at radius 3 is 3.00 bits per heavy atom. The van der Waals surface area contributed by atoms with Crippen LogP contribution in [0.4, 0.5) is 11.4 Å². The number of aromatic nitrogens is 1. The molecule has 0 aliphatic carbocycles. The Labute approximate surface area is 105 Å². The van der Waals surface area contributed by atoms with Crippen molar-refractivity contribution in [3.63, 3.8) is 0 Å². The van der Waals surface area contributed by atoms with Crippen molar-refractivity contribution >= 4 is 11.4 Å². The zero-order chi connectivity index (χ0) is 13.2. The molecule has 0 radical (unpaired) electrons. The standard InChI is InChI=1S/C11H17N3O4/c1-17-7-8-18-6-2-4-13-10-3-5-12-9-11(10)14(15)16/h3,5,9H,2,4,6-8H2,1H3,(H,12,13). The summed E-state index contributed by atoms with van der Waals surface area (Å²) >= 11 is 0. The van der Waals surface area contributed by atoms with Gasteiger partial charge in [-0.25, -0.2) is 0 Å². The molecule has 7 nitrogen and oxygen atoms in total. The van der Waals surface area contributed by atoms with Gasteiger partial charge in [0.05, 0.1) is 18.1 Å². The smallest absolute Gasteiger partial charge is 0.310 e. The van der Waals surface area contributed by atoms with Gasteiger partial charge in [0, 0.05) is 26.5 Å². The minimum atomic E-state index is -0.454. The summed E-state index contributed by atoms with van der Waals surface area (Å²) in [7, 11) is 1.62. The maximum absolute atomic E-state index is 10.7. The molecule has 1 aromatic heterocycles. The van der Waals surface area contributed by atoms with Crippen LogP contribution in [0.5, 0.6) is 0 Å². The molecule has 0 atom stereocenters. The lowest BCUT2D eigenvalue weighted by Gasteiger charge is -2.07. The summed E-state index contributed by atoms with van der Waals surface area (Å²) in [6, 6.07) is 1.59. The third-order valence-electron chi connectivity index (χ3n) is 2.21. The van der Waals surface area contributed by atoms with Crippen molar-refractivity contribution in [2.45, 2.75) is 6.42 Å². The van der Waals surface area contributed by atoms with Crippen LogP contribution < -0.4 is 5.32 Å². The summed E-state index contributed by atoms with van der Waals surface area (Å²) in [4.78, 5) is 14.0. The normalized spacial score (nSPS) is 10.3. The van der Waals surface area contributed by atoms with Crippen LogP contribution in [0.3, 0.4) is 0 Å². The van der Waals surface area contributed by atoms with Gasteiger partial charge in [0.2, 0.25) is 0 Å². The highest BCUT2D eigenvalue weighted by atomic mass is 16.6. The summed E-state index contributed by atoms with van der Waals surface area (Å²) in [6.45, 7) is 2.34. The number of ether oxygens (including phenoxy) is 2. The number of nitrogens with zero attached hydrogens (tertiary/aromatic N) is 2. The first kappa shape index (κ1) is 14.3. The Balaban J connectivity index is 2.25. The van der Waals surface area contributed by atoms with Gasteiger partial charge in [-0.15, -0.1) is 0 Å². The van der Waals surface area contributed by atoms with E-state index in [0.717, 1.165) is 6.42 Å². The Bertz CT molecular complexity index is 373. The second-order valence-electron chi connectivity index (χ2n) is 3.54. The maximum Gasteiger partial charge on any atom is 0.310 e. The van der Waals surface area contributed by atoms with Crippen LogP contribution in [0.2, 0.25) is 0 Å². The molecule has 0 bridgehead atoms. The highest BCUT2D eigenvalue weighted by Crippen LogP contribution is 2.21. The maximum atomic E-state index is 10.7. The molecule has 0 aliphatic heterocycles. The lowest BCUT2D eigenvalue weighted by atomic mass is 10.3. The van der Waals surface area contributed by atoms with Crippen LogP contribution in [-0.2, 0) is 9.47 Å². The second kappa shape index (κ2) is 8.37. The quantitative estimate of drug-likeness (QED) is 0.408. The van der Waals surface area contributed by atoms with Gasteiger partial charge in [0.25, 0.3) is 0 Å². The summed E-state index contributed by atoms with van der Waals surface area (Å²) in [5, 5.41) is 13.7. The Kier molecular flexibility index (Phi) is 6.67. The Morgan fingerprint density at radius 2 is 2.28 bits per heavy atom. The van der Waals surface area contributed by atoms with E-state index >= 15 is 0 Å². The Hall–Kier alpha value is -1.73. The van der Waals surface area contributed by atoms with Gasteiger partial charge in [-0.2, -0.15) is 0 Å². The van der Waals surface area contributed by atoms with Crippen molar-refractivity contribution in [1.82, 2.24) is 4.98 Å². The van der Waals surface area contributed by atoms with Gasteiger partial charge in [-0.3, -0.25) is 15.1 Å². The molecule has 0 aromatic carbocycles. The molecule has 1 aromatic rings. The van der Waals surface area contributed by atoms with Crippen LogP contribution in [0, 0.1) is 10.1 Å². The van der Waals surface area contributed by atoms with E-state index in [0.29, 0.717) is 32.1 Å². The van der Waals surface area contributed by atoms with Crippen molar-refractivity contribution in [1.29, 1.82) is 0 Å². The van der Waals surface area contributed by atoms with Gasteiger partial charge in [-0.1, -0.05) is 0 Å². The first-order valence-corrected chi connectivity index (χ1v) is 5.64. The average Bonchev–Trinajstić information content (AvgIpc) is 2.38. The van der Waals surface area contributed by atoms with Gasteiger partial charge in [0.15, 0.2) is 0 Å². The fourth-order valence-electron chi connectivity index (χ4n) is 1.32. The SMILES string of the molecule is COCCOCCCNc1ccncc1[N+](=O)[O-]. The summed E-state index contributed by atoms with van der Waals surface area (Å²) in [5.41, 5.74) is 0.463. The van der Waals surface area contributed by atoms with Crippen molar-refractivity contribution in [2.24, 2.45) is 0 Å². The van der Waals surface area contributed by atoms with Crippen molar-refractivity contribution in [3.05, 3.63) is 28.6 Å². The minimum absolute atomic E-state index is 0.0159. The third-order valence-corrected chi connectivity index (χ3v) is 2.21. The number of anilines is 1. The first-order chi connectivity index (χ1) is 8.75. The van der Waals surface area contributed by atoms with Crippen LogP contribution in [0.15, 0.2) is 18.5 Å². The minimum Gasteiger partial charge on any atom is -0.382 e. The van der Waals surface area contributed by atoms with Gasteiger partial charge in [0.1, 0.15) is 11.9 Å². The van der Waals surface area contributed by atoms with Crippen LogP contribution >= 0.6 is 0 Å². The number of hydrogen-bond donors (Lipinski definition) is 1. The fourth-order valence-corrected chi connectivity index (χ4v) is 1.32. The monoisotopic (exact) mass is 255 g/mol. The van der Waals surface area contributed by atoms with Crippen LogP contribution in [0.25, 0.3) is 0 Å². The molecule has 1 heterocycles. The summed E-state index contributed by atoms with van der Waals surface area (Å²) < 4.78 is 10.1. The molecule has 0 saturated carbocycles. The number of methoxy groups -OCH3 is 1. The molecular weight excluding hydrogens is 238 g/mol. The highest BCUT2D eigenvalue weighted by Gasteiger charge is 2.11. The molecule has 100 valence electrons. The van der Waals surface area contributed by atoms with E-state index < -0.39 is 4.92 Å². The van der Waals surface area contributed by atoms with Crippen molar-refractivity contribution < 1.29 is 14.4 Å². The number of nitrogens with one attached hydrogen (secondary N) is 1. The largest absolute Gasteiger partial charge is 0.382 e. The number of pyridine rings is 1. The fraction of sp³-hybridized carbons (Fsp3) is 0.545. The van der Waals surface area contributed by atoms with E-state index in [-0.39, 0.29) is 5.69 Å².